The van der Waals surface area contributed by atoms with Crippen LogP contribution in [-0.2, 0) is 9.53 Å². The van der Waals surface area contributed by atoms with Gasteiger partial charge in [0.15, 0.2) is 0 Å². The van der Waals surface area contributed by atoms with Gasteiger partial charge in [0, 0.05) is 6.54 Å². The average molecular weight is 257 g/mol. The first kappa shape index (κ1) is 17.4. The van der Waals surface area contributed by atoms with Crippen molar-refractivity contribution in [2.45, 2.75) is 64.7 Å². The van der Waals surface area contributed by atoms with Gasteiger partial charge in [-0.25, -0.2) is 0 Å². The summed E-state index contributed by atoms with van der Waals surface area (Å²) in [5.41, 5.74) is 0. The highest BCUT2D eigenvalue weighted by Gasteiger charge is 2.02. The minimum absolute atomic E-state index is 0.0633. The molecule has 0 N–H and O–H groups in total. The molecule has 0 aliphatic heterocycles. The van der Waals surface area contributed by atoms with E-state index in [0.717, 1.165) is 13.0 Å². The molecule has 0 aliphatic carbocycles. The van der Waals surface area contributed by atoms with Gasteiger partial charge in [0.1, 0.15) is 0 Å². The van der Waals surface area contributed by atoms with E-state index in [1.165, 1.54) is 44.9 Å². The first-order valence-corrected chi connectivity index (χ1v) is 7.47. The molecule has 0 saturated carbocycles. The quantitative estimate of drug-likeness (QED) is 0.395. The van der Waals surface area contributed by atoms with Crippen molar-refractivity contribution < 1.29 is 9.53 Å². The molecule has 0 aliphatic rings. The second-order valence-electron chi connectivity index (χ2n) is 5.25. The van der Waals surface area contributed by atoms with Crippen LogP contribution in [0.2, 0.25) is 0 Å². The zero-order valence-corrected chi connectivity index (χ0v) is 12.5. The Balaban J connectivity index is 3.12. The van der Waals surface area contributed by atoms with Crippen LogP contribution in [0.1, 0.15) is 64.7 Å². The fraction of sp³-hybridized carbons (Fsp3) is 0.933. The van der Waals surface area contributed by atoms with Gasteiger partial charge in [-0.3, -0.25) is 4.79 Å². The van der Waals surface area contributed by atoms with Crippen LogP contribution in [0.3, 0.4) is 0 Å². The third-order valence-electron chi connectivity index (χ3n) is 3.02. The Morgan fingerprint density at radius 1 is 0.944 bits per heavy atom. The number of unbranched alkanes of at least 4 members (excludes halogenated alkanes) is 7. The topological polar surface area (TPSA) is 29.5 Å². The minimum Gasteiger partial charge on any atom is -0.466 e. The van der Waals surface area contributed by atoms with Crippen LogP contribution in [0.25, 0.3) is 0 Å². The molecule has 0 aromatic rings. The minimum atomic E-state index is -0.0633. The Hall–Kier alpha value is -0.570. The van der Waals surface area contributed by atoms with E-state index in [0.29, 0.717) is 13.0 Å². The molecule has 0 bridgehead atoms. The molecule has 0 spiro atoms. The second-order valence-corrected chi connectivity index (χ2v) is 5.25. The van der Waals surface area contributed by atoms with Crippen LogP contribution in [0.4, 0.5) is 0 Å². The lowest BCUT2D eigenvalue weighted by Crippen LogP contribution is -2.18. The van der Waals surface area contributed by atoms with Gasteiger partial charge in [-0.05, 0) is 20.5 Å². The van der Waals surface area contributed by atoms with Crippen molar-refractivity contribution in [2.75, 3.05) is 27.2 Å². The number of esters is 1. The molecule has 0 heterocycles. The van der Waals surface area contributed by atoms with Crippen molar-refractivity contribution >= 4 is 5.97 Å². The number of rotatable bonds is 12. The zero-order chi connectivity index (χ0) is 13.6. The number of hydrogen-bond acceptors (Lipinski definition) is 3. The van der Waals surface area contributed by atoms with Gasteiger partial charge in [0.2, 0.25) is 0 Å². The third-order valence-corrected chi connectivity index (χ3v) is 3.02. The Labute approximate surface area is 113 Å². The summed E-state index contributed by atoms with van der Waals surface area (Å²) in [6.45, 7) is 3.61. The Morgan fingerprint density at radius 3 is 2.06 bits per heavy atom. The molecule has 0 amide bonds. The van der Waals surface area contributed by atoms with Crippen LogP contribution in [0.5, 0.6) is 0 Å². The van der Waals surface area contributed by atoms with Crippen LogP contribution in [0, 0.1) is 0 Å². The van der Waals surface area contributed by atoms with E-state index in [9.17, 15) is 4.79 Å². The van der Waals surface area contributed by atoms with Crippen molar-refractivity contribution in [1.29, 1.82) is 0 Å². The fourth-order valence-electron chi connectivity index (χ4n) is 1.81. The van der Waals surface area contributed by atoms with Gasteiger partial charge >= 0.3 is 5.97 Å². The highest BCUT2D eigenvalue weighted by Crippen LogP contribution is 2.08. The molecule has 0 aromatic heterocycles. The van der Waals surface area contributed by atoms with E-state index in [4.69, 9.17) is 4.74 Å². The van der Waals surface area contributed by atoms with Crippen molar-refractivity contribution in [1.82, 2.24) is 4.90 Å². The maximum Gasteiger partial charge on any atom is 0.307 e. The molecule has 108 valence electrons. The summed E-state index contributed by atoms with van der Waals surface area (Å²) in [5.74, 6) is -0.0633. The van der Waals surface area contributed by atoms with E-state index in [1.807, 2.05) is 19.0 Å². The molecule has 0 atom stereocenters. The number of carbonyl (C=O) groups excluding carboxylic acids is 1. The molecular weight excluding hydrogens is 226 g/mol. The summed E-state index contributed by atoms with van der Waals surface area (Å²) in [6.07, 6.45) is 10.7. The summed E-state index contributed by atoms with van der Waals surface area (Å²) in [7, 11) is 3.93. The molecule has 0 rings (SSSR count). The Bertz CT molecular complexity index is 193. The second kappa shape index (κ2) is 12.9. The molecule has 3 nitrogen and oxygen atoms in total. The maximum atomic E-state index is 11.3. The summed E-state index contributed by atoms with van der Waals surface area (Å²) in [4.78, 5) is 13.3. The largest absolute Gasteiger partial charge is 0.466 e. The molecule has 0 saturated heterocycles. The summed E-state index contributed by atoms with van der Waals surface area (Å²) >= 11 is 0. The molecule has 3 heteroatoms. The molecule has 0 unspecified atom stereocenters. The molecule has 18 heavy (non-hydrogen) atoms. The first-order valence-electron chi connectivity index (χ1n) is 7.47. The van der Waals surface area contributed by atoms with Gasteiger partial charge < -0.3 is 9.64 Å². The molecule has 0 aromatic carbocycles. The highest BCUT2D eigenvalue weighted by molar-refractivity contribution is 5.69. The predicted octanol–water partition coefficient (Wildman–Crippen LogP) is 3.62. The monoisotopic (exact) mass is 257 g/mol. The van der Waals surface area contributed by atoms with Gasteiger partial charge in [0.25, 0.3) is 0 Å². The average Bonchev–Trinajstić information content (AvgIpc) is 2.34. The normalized spacial score (nSPS) is 10.9. The van der Waals surface area contributed by atoms with Crippen LogP contribution >= 0.6 is 0 Å². The number of carbonyl (C=O) groups is 1. The Kier molecular flexibility index (Phi) is 12.5. The summed E-state index contributed by atoms with van der Waals surface area (Å²) in [6, 6.07) is 0. The van der Waals surface area contributed by atoms with Crippen LogP contribution in [-0.4, -0.2) is 38.1 Å². The van der Waals surface area contributed by atoms with Crippen molar-refractivity contribution in [3.63, 3.8) is 0 Å². The van der Waals surface area contributed by atoms with Gasteiger partial charge in [0.05, 0.1) is 13.0 Å². The van der Waals surface area contributed by atoms with E-state index in [1.54, 1.807) is 0 Å². The number of ether oxygens (including phenoxy) is 1. The van der Waals surface area contributed by atoms with Crippen LogP contribution in [0.15, 0.2) is 0 Å². The lowest BCUT2D eigenvalue weighted by Gasteiger charge is -2.09. The maximum absolute atomic E-state index is 11.3. The van der Waals surface area contributed by atoms with Crippen molar-refractivity contribution in [2.24, 2.45) is 0 Å². The van der Waals surface area contributed by atoms with Crippen LogP contribution < -0.4 is 0 Å². The van der Waals surface area contributed by atoms with Crippen molar-refractivity contribution in [3.8, 4) is 0 Å². The van der Waals surface area contributed by atoms with E-state index < -0.39 is 0 Å². The lowest BCUT2D eigenvalue weighted by molar-refractivity contribution is -0.144. The van der Waals surface area contributed by atoms with Gasteiger partial charge in [-0.2, -0.15) is 0 Å². The Morgan fingerprint density at radius 2 is 1.50 bits per heavy atom. The highest BCUT2D eigenvalue weighted by atomic mass is 16.5. The fourth-order valence-corrected chi connectivity index (χ4v) is 1.81. The lowest BCUT2D eigenvalue weighted by atomic mass is 10.1. The third kappa shape index (κ3) is 13.5. The van der Waals surface area contributed by atoms with Gasteiger partial charge in [-0.15, -0.1) is 0 Å². The zero-order valence-electron chi connectivity index (χ0n) is 12.5. The smallest absolute Gasteiger partial charge is 0.307 e. The summed E-state index contributed by atoms with van der Waals surface area (Å²) in [5, 5.41) is 0. The summed E-state index contributed by atoms with van der Waals surface area (Å²) < 4.78 is 5.17. The number of hydrogen-bond donors (Lipinski definition) is 0. The first-order chi connectivity index (χ1) is 8.66. The van der Waals surface area contributed by atoms with Gasteiger partial charge in [-0.1, -0.05) is 51.9 Å². The predicted molar refractivity (Wildman–Crippen MR) is 76.7 cm³/mol. The van der Waals surface area contributed by atoms with E-state index in [2.05, 4.69) is 6.92 Å². The molecule has 0 radical (unpaired) electrons. The van der Waals surface area contributed by atoms with Crippen molar-refractivity contribution in [3.05, 3.63) is 0 Å². The molecule has 0 fully saturated rings. The standard InChI is InChI=1S/C15H31NO2/c1-4-5-6-7-8-9-10-11-14-18-15(17)12-13-16(2)3/h4-14H2,1-3H3. The molecular formula is C15H31NO2. The van der Waals surface area contributed by atoms with E-state index >= 15 is 0 Å². The SMILES string of the molecule is CCCCCCCCCCOC(=O)CCN(C)C. The number of nitrogens with zero attached hydrogens (tertiary/aromatic N) is 1. The van der Waals surface area contributed by atoms with E-state index in [-0.39, 0.29) is 5.97 Å².